The van der Waals surface area contributed by atoms with E-state index >= 15 is 0 Å². The number of likely N-dealkylation sites (tertiary alicyclic amines) is 1. The van der Waals surface area contributed by atoms with Gasteiger partial charge in [0.1, 0.15) is 0 Å². The Hall–Kier alpha value is -1.39. The maximum absolute atomic E-state index is 5.42. The first-order valence-corrected chi connectivity index (χ1v) is 8.10. The van der Waals surface area contributed by atoms with E-state index in [1.165, 1.54) is 24.1 Å². The van der Waals surface area contributed by atoms with Gasteiger partial charge in [0.25, 0.3) is 0 Å². The number of aromatic nitrogens is 2. The zero-order valence-corrected chi connectivity index (χ0v) is 13.6. The van der Waals surface area contributed by atoms with Crippen LogP contribution in [0.3, 0.4) is 0 Å². The van der Waals surface area contributed by atoms with Crippen molar-refractivity contribution in [3.05, 3.63) is 52.6 Å². The van der Waals surface area contributed by atoms with Gasteiger partial charge in [-0.1, -0.05) is 30.3 Å². The lowest BCUT2D eigenvalue weighted by Crippen LogP contribution is -2.41. The predicted molar refractivity (Wildman–Crippen MR) is 88.9 cm³/mol. The second kappa shape index (κ2) is 6.16. The molecule has 0 aliphatic carbocycles. The highest BCUT2D eigenvalue weighted by molar-refractivity contribution is 7.71. The first-order valence-electron chi connectivity index (χ1n) is 7.69. The van der Waals surface area contributed by atoms with Crippen LogP contribution in [0.1, 0.15) is 37.1 Å². The topological polar surface area (TPSA) is 24.0 Å². The molecule has 2 unspecified atom stereocenters. The van der Waals surface area contributed by atoms with Gasteiger partial charge in [0.2, 0.25) is 0 Å². The minimum Gasteiger partial charge on any atom is -0.337 e. The largest absolute Gasteiger partial charge is 0.337 e. The molecule has 1 saturated heterocycles. The van der Waals surface area contributed by atoms with Crippen molar-refractivity contribution in [2.24, 2.45) is 0 Å². The van der Waals surface area contributed by atoms with Crippen LogP contribution in [-0.4, -0.2) is 27.0 Å². The van der Waals surface area contributed by atoms with Crippen LogP contribution in [0, 0.1) is 11.7 Å². The molecule has 1 aromatic heterocycles. The standard InChI is InChI=1S/C17H23N3S/c1-13-10-16(20-14(2)11-18-17(20)21)8-9-19(13)12-15-6-4-3-5-7-15/h3-7,11,13,16H,8-10,12H2,1-2H3,(H,18,21). The predicted octanol–water partition coefficient (Wildman–Crippen LogP) is 4.08. The van der Waals surface area contributed by atoms with Gasteiger partial charge in [0.05, 0.1) is 0 Å². The minimum absolute atomic E-state index is 0.533. The van der Waals surface area contributed by atoms with Gasteiger partial charge in [0, 0.05) is 37.1 Å². The number of imidazole rings is 1. The summed E-state index contributed by atoms with van der Waals surface area (Å²) in [5.41, 5.74) is 2.64. The Balaban J connectivity index is 1.69. The Labute approximate surface area is 131 Å². The summed E-state index contributed by atoms with van der Waals surface area (Å²) in [6.45, 7) is 6.65. The van der Waals surface area contributed by atoms with Crippen LogP contribution < -0.4 is 0 Å². The Kier molecular flexibility index (Phi) is 4.27. The summed E-state index contributed by atoms with van der Waals surface area (Å²) in [5, 5.41) is 0. The van der Waals surface area contributed by atoms with Crippen LogP contribution in [0.2, 0.25) is 0 Å². The fourth-order valence-electron chi connectivity index (χ4n) is 3.40. The molecule has 112 valence electrons. The molecular formula is C17H23N3S. The molecular weight excluding hydrogens is 278 g/mol. The molecule has 1 aliphatic rings. The van der Waals surface area contributed by atoms with Gasteiger partial charge in [-0.05, 0) is 44.5 Å². The van der Waals surface area contributed by atoms with Gasteiger partial charge in [-0.2, -0.15) is 0 Å². The molecule has 2 aromatic rings. The normalized spacial score (nSPS) is 23.3. The number of nitrogens with zero attached hydrogens (tertiary/aromatic N) is 2. The van der Waals surface area contributed by atoms with Gasteiger partial charge in [-0.3, -0.25) is 4.90 Å². The van der Waals surface area contributed by atoms with Crippen molar-refractivity contribution in [1.29, 1.82) is 0 Å². The SMILES string of the molecule is Cc1c[nH]c(=S)n1C1CCN(Cc2ccccc2)C(C)C1. The Morgan fingerprint density at radius 2 is 2.05 bits per heavy atom. The highest BCUT2D eigenvalue weighted by Gasteiger charge is 2.27. The zero-order chi connectivity index (χ0) is 14.8. The summed E-state index contributed by atoms with van der Waals surface area (Å²) in [7, 11) is 0. The van der Waals surface area contributed by atoms with E-state index in [2.05, 4.69) is 58.6 Å². The van der Waals surface area contributed by atoms with E-state index in [1.54, 1.807) is 0 Å². The van der Waals surface area contributed by atoms with Crippen molar-refractivity contribution in [3.8, 4) is 0 Å². The maximum Gasteiger partial charge on any atom is 0.177 e. The van der Waals surface area contributed by atoms with E-state index in [-0.39, 0.29) is 0 Å². The number of nitrogens with one attached hydrogen (secondary N) is 1. The third-order valence-electron chi connectivity index (χ3n) is 4.58. The van der Waals surface area contributed by atoms with Crippen molar-refractivity contribution in [2.45, 2.75) is 45.3 Å². The van der Waals surface area contributed by atoms with Crippen LogP contribution in [0.4, 0.5) is 0 Å². The molecule has 1 aromatic carbocycles. The summed E-state index contributed by atoms with van der Waals surface area (Å²) in [4.78, 5) is 5.75. The third-order valence-corrected chi connectivity index (χ3v) is 4.90. The quantitative estimate of drug-likeness (QED) is 0.864. The van der Waals surface area contributed by atoms with Crippen LogP contribution in [-0.2, 0) is 6.54 Å². The summed E-state index contributed by atoms with van der Waals surface area (Å²) in [6, 6.07) is 11.9. The highest BCUT2D eigenvalue weighted by atomic mass is 32.1. The van der Waals surface area contributed by atoms with Crippen molar-refractivity contribution in [2.75, 3.05) is 6.54 Å². The number of H-pyrrole nitrogens is 1. The average molecular weight is 301 g/mol. The second-order valence-electron chi connectivity index (χ2n) is 6.09. The van der Waals surface area contributed by atoms with Gasteiger partial charge in [-0.25, -0.2) is 0 Å². The summed E-state index contributed by atoms with van der Waals surface area (Å²) < 4.78 is 3.16. The molecule has 4 heteroatoms. The molecule has 0 amide bonds. The molecule has 3 rings (SSSR count). The molecule has 21 heavy (non-hydrogen) atoms. The van der Waals surface area contributed by atoms with E-state index in [0.717, 1.165) is 17.9 Å². The van der Waals surface area contributed by atoms with Gasteiger partial charge in [-0.15, -0.1) is 0 Å². The number of aromatic amines is 1. The number of piperidine rings is 1. The summed E-state index contributed by atoms with van der Waals surface area (Å²) in [6.07, 6.45) is 4.35. The fourth-order valence-corrected chi connectivity index (χ4v) is 3.75. The number of hydrogen-bond donors (Lipinski definition) is 1. The Morgan fingerprint density at radius 3 is 2.67 bits per heavy atom. The molecule has 2 heterocycles. The molecule has 2 atom stereocenters. The van der Waals surface area contributed by atoms with Crippen molar-refractivity contribution in [3.63, 3.8) is 0 Å². The average Bonchev–Trinajstić information content (AvgIpc) is 2.82. The molecule has 0 spiro atoms. The summed E-state index contributed by atoms with van der Waals surface area (Å²) >= 11 is 5.42. The van der Waals surface area contributed by atoms with Crippen LogP contribution in [0.25, 0.3) is 0 Å². The lowest BCUT2D eigenvalue weighted by Gasteiger charge is -2.38. The van der Waals surface area contributed by atoms with Crippen LogP contribution in [0.5, 0.6) is 0 Å². The smallest absolute Gasteiger partial charge is 0.177 e. The molecule has 0 bridgehead atoms. The molecule has 0 saturated carbocycles. The lowest BCUT2D eigenvalue weighted by atomic mass is 9.97. The van der Waals surface area contributed by atoms with Gasteiger partial charge in [0.15, 0.2) is 4.77 Å². The van der Waals surface area contributed by atoms with Crippen LogP contribution >= 0.6 is 12.2 Å². The van der Waals surface area contributed by atoms with E-state index < -0.39 is 0 Å². The first kappa shape index (κ1) is 14.5. The minimum atomic E-state index is 0.533. The van der Waals surface area contributed by atoms with Gasteiger partial charge >= 0.3 is 0 Å². The van der Waals surface area contributed by atoms with Gasteiger partial charge < -0.3 is 9.55 Å². The van der Waals surface area contributed by atoms with E-state index in [0.29, 0.717) is 12.1 Å². The molecule has 1 N–H and O–H groups in total. The monoisotopic (exact) mass is 301 g/mol. The number of rotatable bonds is 3. The van der Waals surface area contributed by atoms with E-state index in [1.807, 2.05) is 6.20 Å². The molecule has 1 aliphatic heterocycles. The van der Waals surface area contributed by atoms with Crippen molar-refractivity contribution < 1.29 is 0 Å². The highest BCUT2D eigenvalue weighted by Crippen LogP contribution is 2.29. The molecule has 3 nitrogen and oxygen atoms in total. The van der Waals surface area contributed by atoms with E-state index in [4.69, 9.17) is 12.2 Å². The Bertz CT molecular complexity index is 644. The number of hydrogen-bond acceptors (Lipinski definition) is 2. The van der Waals surface area contributed by atoms with Crippen LogP contribution in [0.15, 0.2) is 36.5 Å². The molecule has 0 radical (unpaired) electrons. The zero-order valence-electron chi connectivity index (χ0n) is 12.7. The summed E-state index contributed by atoms with van der Waals surface area (Å²) in [5.74, 6) is 0. The second-order valence-corrected chi connectivity index (χ2v) is 6.48. The van der Waals surface area contributed by atoms with E-state index in [9.17, 15) is 0 Å². The third kappa shape index (κ3) is 3.11. The van der Waals surface area contributed by atoms with Crippen molar-refractivity contribution >= 4 is 12.2 Å². The fraction of sp³-hybridized carbons (Fsp3) is 0.471. The maximum atomic E-state index is 5.42. The first-order chi connectivity index (χ1) is 10.1. The number of benzene rings is 1. The molecule has 1 fully saturated rings. The number of aryl methyl sites for hydroxylation is 1. The van der Waals surface area contributed by atoms with Crippen molar-refractivity contribution in [1.82, 2.24) is 14.5 Å². The lowest BCUT2D eigenvalue weighted by molar-refractivity contribution is 0.117. The Morgan fingerprint density at radius 1 is 1.29 bits per heavy atom.